The molecule has 5 heteroatoms. The summed E-state index contributed by atoms with van der Waals surface area (Å²) < 4.78 is 13.1. The van der Waals surface area contributed by atoms with E-state index in [9.17, 15) is 9.18 Å². The van der Waals surface area contributed by atoms with Crippen LogP contribution in [0.5, 0.6) is 0 Å². The highest BCUT2D eigenvalue weighted by Gasteiger charge is 2.35. The number of aliphatic hydroxyl groups is 1. The lowest BCUT2D eigenvalue weighted by Gasteiger charge is -2.36. The zero-order chi connectivity index (χ0) is 15.5. The van der Waals surface area contributed by atoms with Gasteiger partial charge in [-0.15, -0.1) is 0 Å². The SMILES string of the molecule is O=C(N[C@@H](c1ccc(F)cc1)C1CCC1)N(CCO)C1CC1. The molecule has 22 heavy (non-hydrogen) atoms. The lowest BCUT2D eigenvalue weighted by atomic mass is 9.77. The van der Waals surface area contributed by atoms with E-state index < -0.39 is 0 Å². The van der Waals surface area contributed by atoms with Crippen molar-refractivity contribution in [1.29, 1.82) is 0 Å². The van der Waals surface area contributed by atoms with Gasteiger partial charge in [-0.25, -0.2) is 9.18 Å². The minimum atomic E-state index is -0.262. The van der Waals surface area contributed by atoms with Crippen LogP contribution in [-0.4, -0.2) is 35.2 Å². The van der Waals surface area contributed by atoms with Gasteiger partial charge in [0, 0.05) is 12.6 Å². The highest BCUT2D eigenvalue weighted by molar-refractivity contribution is 5.75. The van der Waals surface area contributed by atoms with E-state index in [0.29, 0.717) is 12.5 Å². The number of halogens is 1. The highest BCUT2D eigenvalue weighted by Crippen LogP contribution is 2.38. The van der Waals surface area contributed by atoms with Gasteiger partial charge in [-0.1, -0.05) is 18.6 Å². The first-order valence-corrected chi connectivity index (χ1v) is 8.12. The van der Waals surface area contributed by atoms with Crippen molar-refractivity contribution in [3.05, 3.63) is 35.6 Å². The number of carbonyl (C=O) groups is 1. The molecule has 2 aliphatic carbocycles. The maximum atomic E-state index is 13.1. The van der Waals surface area contributed by atoms with E-state index in [1.807, 2.05) is 0 Å². The maximum absolute atomic E-state index is 13.1. The Morgan fingerprint density at radius 3 is 2.45 bits per heavy atom. The second kappa shape index (κ2) is 6.65. The topological polar surface area (TPSA) is 52.6 Å². The highest BCUT2D eigenvalue weighted by atomic mass is 19.1. The van der Waals surface area contributed by atoms with E-state index in [0.717, 1.165) is 31.2 Å². The summed E-state index contributed by atoms with van der Waals surface area (Å²) in [5.74, 6) is 0.159. The number of benzene rings is 1. The zero-order valence-electron chi connectivity index (χ0n) is 12.7. The standard InChI is InChI=1S/C17H23FN2O2/c18-14-6-4-13(5-7-14)16(12-2-1-3-12)19-17(22)20(10-11-21)15-8-9-15/h4-7,12,15-16,21H,1-3,8-11H2,(H,19,22)/t16-/m1/s1. The Morgan fingerprint density at radius 1 is 1.27 bits per heavy atom. The summed E-state index contributed by atoms with van der Waals surface area (Å²) in [5.41, 5.74) is 0.958. The van der Waals surface area contributed by atoms with Crippen LogP contribution >= 0.6 is 0 Å². The predicted molar refractivity (Wildman–Crippen MR) is 81.8 cm³/mol. The van der Waals surface area contributed by atoms with Crippen LogP contribution in [0.25, 0.3) is 0 Å². The van der Waals surface area contributed by atoms with Crippen LogP contribution in [0.3, 0.4) is 0 Å². The lowest BCUT2D eigenvalue weighted by Crippen LogP contribution is -2.46. The van der Waals surface area contributed by atoms with Gasteiger partial charge < -0.3 is 15.3 Å². The van der Waals surface area contributed by atoms with Gasteiger partial charge in [-0.3, -0.25) is 0 Å². The number of carbonyl (C=O) groups excluding carboxylic acids is 1. The van der Waals surface area contributed by atoms with Crippen molar-refractivity contribution < 1.29 is 14.3 Å². The molecular weight excluding hydrogens is 283 g/mol. The summed E-state index contributed by atoms with van der Waals surface area (Å²) in [6.45, 7) is 0.353. The molecule has 0 aliphatic heterocycles. The molecule has 1 aromatic carbocycles. The van der Waals surface area contributed by atoms with Gasteiger partial charge in [0.2, 0.25) is 0 Å². The minimum absolute atomic E-state index is 0.0193. The number of aliphatic hydroxyl groups excluding tert-OH is 1. The van der Waals surface area contributed by atoms with E-state index in [1.165, 1.54) is 18.6 Å². The van der Waals surface area contributed by atoms with Crippen LogP contribution < -0.4 is 5.32 Å². The fourth-order valence-corrected chi connectivity index (χ4v) is 3.08. The molecule has 0 bridgehead atoms. The quantitative estimate of drug-likeness (QED) is 0.849. The number of hydrogen-bond acceptors (Lipinski definition) is 2. The van der Waals surface area contributed by atoms with Gasteiger partial charge in [0.1, 0.15) is 5.82 Å². The molecule has 1 atom stereocenters. The molecule has 1 aromatic rings. The molecule has 2 fully saturated rings. The fourth-order valence-electron chi connectivity index (χ4n) is 3.08. The Balaban J connectivity index is 1.71. The third kappa shape index (κ3) is 3.40. The molecule has 0 unspecified atom stereocenters. The van der Waals surface area contributed by atoms with E-state index in [2.05, 4.69) is 5.32 Å². The molecule has 2 aliphatic rings. The molecule has 0 saturated heterocycles. The summed E-state index contributed by atoms with van der Waals surface area (Å²) in [6, 6.07) is 6.49. The lowest BCUT2D eigenvalue weighted by molar-refractivity contribution is 0.158. The average Bonchev–Trinajstić information content (AvgIpc) is 3.27. The molecular formula is C17H23FN2O2. The predicted octanol–water partition coefficient (Wildman–Crippen LogP) is 2.83. The zero-order valence-corrected chi connectivity index (χ0v) is 12.7. The van der Waals surface area contributed by atoms with E-state index in [1.54, 1.807) is 17.0 Å². The Morgan fingerprint density at radius 2 is 1.95 bits per heavy atom. The van der Waals surface area contributed by atoms with Gasteiger partial charge in [-0.05, 0) is 49.3 Å². The number of urea groups is 1. The van der Waals surface area contributed by atoms with Crippen molar-refractivity contribution in [2.45, 2.75) is 44.2 Å². The van der Waals surface area contributed by atoms with Gasteiger partial charge in [-0.2, -0.15) is 0 Å². The monoisotopic (exact) mass is 306 g/mol. The first-order valence-electron chi connectivity index (χ1n) is 8.12. The molecule has 3 rings (SSSR count). The second-order valence-corrected chi connectivity index (χ2v) is 6.32. The first-order chi connectivity index (χ1) is 10.7. The molecule has 2 N–H and O–H groups in total. The van der Waals surface area contributed by atoms with Crippen LogP contribution in [0.2, 0.25) is 0 Å². The van der Waals surface area contributed by atoms with Crippen molar-refractivity contribution >= 4 is 6.03 Å². The van der Waals surface area contributed by atoms with E-state index in [4.69, 9.17) is 5.11 Å². The Labute approximate surface area is 130 Å². The Hall–Kier alpha value is -1.62. The maximum Gasteiger partial charge on any atom is 0.318 e. The largest absolute Gasteiger partial charge is 0.395 e. The summed E-state index contributed by atoms with van der Waals surface area (Å²) in [6.07, 6.45) is 5.38. The summed E-state index contributed by atoms with van der Waals surface area (Å²) in [5, 5.41) is 12.3. The van der Waals surface area contributed by atoms with Crippen molar-refractivity contribution in [3.63, 3.8) is 0 Å². The average molecular weight is 306 g/mol. The first kappa shape index (κ1) is 15.3. The number of hydrogen-bond donors (Lipinski definition) is 2. The van der Waals surface area contributed by atoms with Crippen molar-refractivity contribution in [1.82, 2.24) is 10.2 Å². The molecule has 4 nitrogen and oxygen atoms in total. The van der Waals surface area contributed by atoms with Gasteiger partial charge in [0.15, 0.2) is 0 Å². The van der Waals surface area contributed by atoms with Gasteiger partial charge in [0.25, 0.3) is 0 Å². The van der Waals surface area contributed by atoms with Gasteiger partial charge in [0.05, 0.1) is 12.6 Å². The van der Waals surface area contributed by atoms with Crippen molar-refractivity contribution in [3.8, 4) is 0 Å². The van der Waals surface area contributed by atoms with Crippen LogP contribution in [0.4, 0.5) is 9.18 Å². The smallest absolute Gasteiger partial charge is 0.318 e. The fraction of sp³-hybridized carbons (Fsp3) is 0.588. The number of nitrogens with one attached hydrogen (secondary N) is 1. The van der Waals surface area contributed by atoms with Crippen LogP contribution in [-0.2, 0) is 0 Å². The Bertz CT molecular complexity index is 512. The third-order valence-electron chi connectivity index (χ3n) is 4.72. The summed E-state index contributed by atoms with van der Waals surface area (Å²) in [7, 11) is 0. The third-order valence-corrected chi connectivity index (χ3v) is 4.72. The number of rotatable bonds is 6. The molecule has 2 saturated carbocycles. The van der Waals surface area contributed by atoms with E-state index >= 15 is 0 Å². The Kier molecular flexibility index (Phi) is 4.62. The van der Waals surface area contributed by atoms with E-state index in [-0.39, 0.29) is 30.5 Å². The minimum Gasteiger partial charge on any atom is -0.395 e. The molecule has 0 spiro atoms. The summed E-state index contributed by atoms with van der Waals surface area (Å²) >= 11 is 0. The van der Waals surface area contributed by atoms with Crippen LogP contribution in [0.1, 0.15) is 43.7 Å². The normalized spacial score (nSPS) is 19.4. The molecule has 0 aromatic heterocycles. The molecule has 120 valence electrons. The molecule has 2 amide bonds. The number of nitrogens with zero attached hydrogens (tertiary/aromatic N) is 1. The number of amides is 2. The van der Waals surface area contributed by atoms with Crippen LogP contribution in [0, 0.1) is 11.7 Å². The molecule has 0 heterocycles. The van der Waals surface area contributed by atoms with Crippen molar-refractivity contribution in [2.75, 3.05) is 13.2 Å². The molecule has 0 radical (unpaired) electrons. The summed E-state index contributed by atoms with van der Waals surface area (Å²) in [4.78, 5) is 14.3. The van der Waals surface area contributed by atoms with Crippen LogP contribution in [0.15, 0.2) is 24.3 Å². The van der Waals surface area contributed by atoms with Gasteiger partial charge >= 0.3 is 6.03 Å². The second-order valence-electron chi connectivity index (χ2n) is 6.32. The van der Waals surface area contributed by atoms with Crippen molar-refractivity contribution in [2.24, 2.45) is 5.92 Å².